The second kappa shape index (κ2) is 3.05. The molecule has 0 amide bonds. The van der Waals surface area contributed by atoms with Crippen molar-refractivity contribution in [1.82, 2.24) is 0 Å². The molecule has 0 unspecified atom stereocenters. The van der Waals surface area contributed by atoms with E-state index in [1.54, 1.807) is 0 Å². The molecule has 0 aliphatic rings. The predicted molar refractivity (Wildman–Crippen MR) is 47.9 cm³/mol. The molecular formula is C10H15N+. The first-order valence-electron chi connectivity index (χ1n) is 3.80. The number of nitrogens with zero attached hydrogens (tertiary/aromatic N) is 1. The number of benzene rings is 1. The summed E-state index contributed by atoms with van der Waals surface area (Å²) < 4.78 is 0.865. The van der Waals surface area contributed by atoms with E-state index >= 15 is 0 Å². The number of rotatable bonds is 2. The molecule has 1 aromatic carbocycles. The van der Waals surface area contributed by atoms with Gasteiger partial charge in [-0.05, 0) is 0 Å². The summed E-state index contributed by atoms with van der Waals surface area (Å²) >= 11 is 0. The van der Waals surface area contributed by atoms with Crippen LogP contribution in [0.3, 0.4) is 0 Å². The Morgan fingerprint density at radius 2 is 1.55 bits per heavy atom. The molecule has 0 saturated heterocycles. The van der Waals surface area contributed by atoms with Gasteiger partial charge in [-0.2, -0.15) is 0 Å². The smallest absolute Gasteiger partial charge is 0.171 e. The molecular weight excluding hydrogens is 134 g/mol. The molecule has 0 fully saturated rings. The van der Waals surface area contributed by atoms with E-state index in [0.717, 1.165) is 4.48 Å². The van der Waals surface area contributed by atoms with Crippen molar-refractivity contribution in [3.63, 3.8) is 0 Å². The Morgan fingerprint density at radius 3 is 2.00 bits per heavy atom. The molecule has 1 radical (unpaired) electrons. The average Bonchev–Trinajstić information content (AvgIpc) is 1.85. The summed E-state index contributed by atoms with van der Waals surface area (Å²) in [6.07, 6.45) is 0. The van der Waals surface area contributed by atoms with Crippen LogP contribution < -0.4 is 0 Å². The van der Waals surface area contributed by atoms with E-state index in [4.69, 9.17) is 0 Å². The summed E-state index contributed by atoms with van der Waals surface area (Å²) in [4.78, 5) is 0. The van der Waals surface area contributed by atoms with Crippen molar-refractivity contribution in [2.45, 2.75) is 0 Å². The largest absolute Gasteiger partial charge is 0.319 e. The lowest BCUT2D eigenvalue weighted by Gasteiger charge is -2.22. The summed E-state index contributed by atoms with van der Waals surface area (Å²) in [5, 5.41) is 0. The topological polar surface area (TPSA) is 0 Å². The van der Waals surface area contributed by atoms with E-state index in [1.165, 1.54) is 5.56 Å². The van der Waals surface area contributed by atoms with Crippen LogP contribution in [0.2, 0.25) is 0 Å². The minimum absolute atomic E-state index is 0.865. The van der Waals surface area contributed by atoms with Crippen molar-refractivity contribution in [3.05, 3.63) is 42.4 Å². The van der Waals surface area contributed by atoms with E-state index in [1.807, 2.05) is 6.07 Å². The zero-order valence-corrected chi connectivity index (χ0v) is 7.41. The van der Waals surface area contributed by atoms with Gasteiger partial charge in [0.2, 0.25) is 0 Å². The SMILES string of the molecule is C[N+](C)(C)[CH]c1ccccc1. The van der Waals surface area contributed by atoms with E-state index in [0.29, 0.717) is 0 Å². The fourth-order valence-electron chi connectivity index (χ4n) is 0.986. The molecule has 0 spiro atoms. The van der Waals surface area contributed by atoms with Crippen molar-refractivity contribution < 1.29 is 4.48 Å². The van der Waals surface area contributed by atoms with Gasteiger partial charge in [0.1, 0.15) is 0 Å². The first-order valence-corrected chi connectivity index (χ1v) is 3.80. The Balaban J connectivity index is 2.66. The van der Waals surface area contributed by atoms with Crippen LogP contribution in [0, 0.1) is 6.54 Å². The van der Waals surface area contributed by atoms with Crippen LogP contribution >= 0.6 is 0 Å². The molecule has 1 heteroatoms. The molecule has 1 rings (SSSR count). The molecule has 1 nitrogen and oxygen atoms in total. The number of quaternary nitrogens is 1. The molecule has 1 aromatic rings. The van der Waals surface area contributed by atoms with Gasteiger partial charge in [0.15, 0.2) is 6.54 Å². The normalized spacial score (nSPS) is 11.5. The van der Waals surface area contributed by atoms with Gasteiger partial charge in [0.05, 0.1) is 21.1 Å². The Bertz CT molecular complexity index is 208. The highest BCUT2D eigenvalue weighted by Gasteiger charge is 2.08. The van der Waals surface area contributed by atoms with E-state index < -0.39 is 0 Å². The summed E-state index contributed by atoms with van der Waals surface area (Å²) in [5.74, 6) is 0. The highest BCUT2D eigenvalue weighted by Crippen LogP contribution is 2.07. The van der Waals surface area contributed by atoms with Gasteiger partial charge in [-0.15, -0.1) is 0 Å². The molecule has 0 aromatic heterocycles. The summed E-state index contributed by atoms with van der Waals surface area (Å²) in [6.45, 7) is 2.21. The summed E-state index contributed by atoms with van der Waals surface area (Å²) in [7, 11) is 6.44. The van der Waals surface area contributed by atoms with Gasteiger partial charge in [0.25, 0.3) is 0 Å². The molecule has 0 aliphatic heterocycles. The highest BCUT2D eigenvalue weighted by molar-refractivity contribution is 5.19. The molecule has 0 heterocycles. The van der Waals surface area contributed by atoms with Crippen LogP contribution in [0.25, 0.3) is 0 Å². The molecule has 11 heavy (non-hydrogen) atoms. The van der Waals surface area contributed by atoms with Gasteiger partial charge < -0.3 is 4.48 Å². The van der Waals surface area contributed by atoms with Gasteiger partial charge in [0, 0.05) is 5.56 Å². The van der Waals surface area contributed by atoms with Crippen molar-refractivity contribution in [2.24, 2.45) is 0 Å². The number of hydrogen-bond acceptors (Lipinski definition) is 0. The van der Waals surface area contributed by atoms with Crippen LogP contribution in [0.5, 0.6) is 0 Å². The minimum atomic E-state index is 0.865. The van der Waals surface area contributed by atoms with E-state index in [9.17, 15) is 0 Å². The Morgan fingerprint density at radius 1 is 1.00 bits per heavy atom. The second-order valence-corrected chi connectivity index (χ2v) is 3.66. The fourth-order valence-corrected chi connectivity index (χ4v) is 0.986. The predicted octanol–water partition coefficient (Wildman–Crippen LogP) is 1.90. The lowest BCUT2D eigenvalue weighted by Crippen LogP contribution is -2.31. The number of hydrogen-bond donors (Lipinski definition) is 0. The maximum Gasteiger partial charge on any atom is 0.171 e. The monoisotopic (exact) mass is 149 g/mol. The maximum absolute atomic E-state index is 2.21. The zero-order chi connectivity index (χ0) is 8.32. The molecule has 59 valence electrons. The maximum atomic E-state index is 2.21. The Kier molecular flexibility index (Phi) is 2.30. The first kappa shape index (κ1) is 8.28. The molecule has 0 saturated carbocycles. The van der Waals surface area contributed by atoms with Crippen LogP contribution in [-0.2, 0) is 0 Å². The molecule has 0 bridgehead atoms. The van der Waals surface area contributed by atoms with Crippen molar-refractivity contribution in [1.29, 1.82) is 0 Å². The van der Waals surface area contributed by atoms with Crippen molar-refractivity contribution in [2.75, 3.05) is 21.1 Å². The molecule has 0 atom stereocenters. The van der Waals surface area contributed by atoms with Crippen LogP contribution in [-0.4, -0.2) is 25.6 Å². The van der Waals surface area contributed by atoms with E-state index in [2.05, 4.69) is 52.0 Å². The quantitative estimate of drug-likeness (QED) is 0.563. The summed E-state index contributed by atoms with van der Waals surface area (Å²) in [5.41, 5.74) is 1.28. The van der Waals surface area contributed by atoms with Crippen LogP contribution in [0.1, 0.15) is 5.56 Å². The van der Waals surface area contributed by atoms with Crippen LogP contribution in [0.4, 0.5) is 0 Å². The second-order valence-electron chi connectivity index (χ2n) is 3.66. The highest BCUT2D eigenvalue weighted by atomic mass is 15.3. The Hall–Kier alpha value is -0.820. The third-order valence-corrected chi connectivity index (χ3v) is 1.34. The van der Waals surface area contributed by atoms with Crippen LogP contribution in [0.15, 0.2) is 30.3 Å². The van der Waals surface area contributed by atoms with Gasteiger partial charge in [-0.25, -0.2) is 0 Å². The van der Waals surface area contributed by atoms with Crippen molar-refractivity contribution in [3.8, 4) is 0 Å². The zero-order valence-electron chi connectivity index (χ0n) is 7.41. The third-order valence-electron chi connectivity index (χ3n) is 1.34. The average molecular weight is 149 g/mol. The molecule has 0 aliphatic carbocycles. The third kappa shape index (κ3) is 3.19. The fraction of sp³-hybridized carbons (Fsp3) is 0.300. The van der Waals surface area contributed by atoms with Crippen molar-refractivity contribution >= 4 is 0 Å². The van der Waals surface area contributed by atoms with E-state index in [-0.39, 0.29) is 0 Å². The summed E-state index contributed by atoms with van der Waals surface area (Å²) in [6, 6.07) is 10.4. The van der Waals surface area contributed by atoms with Gasteiger partial charge in [-0.3, -0.25) is 0 Å². The minimum Gasteiger partial charge on any atom is -0.319 e. The van der Waals surface area contributed by atoms with Gasteiger partial charge in [-0.1, -0.05) is 30.3 Å². The lowest BCUT2D eigenvalue weighted by atomic mass is 10.2. The standard InChI is InChI=1S/C10H15N/c1-11(2,3)9-10-7-5-4-6-8-10/h4-9H,1-3H3/q+1. The first-order chi connectivity index (χ1) is 5.08. The molecule has 0 N–H and O–H groups in total. The van der Waals surface area contributed by atoms with Gasteiger partial charge >= 0.3 is 0 Å². The Labute approximate surface area is 68.9 Å². The lowest BCUT2D eigenvalue weighted by molar-refractivity contribution is -0.836.